The number of nitrogens with zero attached hydrogens (tertiary/aromatic N) is 1. The van der Waals surface area contributed by atoms with Gasteiger partial charge in [0, 0.05) is 17.7 Å². The smallest absolute Gasteiger partial charge is 0.274 e. The summed E-state index contributed by atoms with van der Waals surface area (Å²) in [6.07, 6.45) is 5.25. The van der Waals surface area contributed by atoms with E-state index < -0.39 is 0 Å². The monoisotopic (exact) mass is 218 g/mol. The minimum absolute atomic E-state index is 0.116. The Labute approximate surface area is 94.8 Å². The molecule has 1 aromatic rings. The minimum atomic E-state index is -0.381. The standard InChI is InChI=1S/C12H14N2O2/c1-4-9(2)13-10(3)11-7-5-6-8-12(11)14(15)16/h1,5-10,13H,2-3H3. The molecule has 4 heteroatoms. The SMILES string of the molecule is C#CC(C)NC(C)c1ccccc1[N+](=O)[O-]. The summed E-state index contributed by atoms with van der Waals surface area (Å²) < 4.78 is 0. The molecule has 1 N–H and O–H groups in total. The first-order valence-electron chi connectivity index (χ1n) is 5.01. The van der Waals surface area contributed by atoms with Crippen molar-refractivity contribution in [3.8, 4) is 12.3 Å². The molecule has 0 bridgehead atoms. The van der Waals surface area contributed by atoms with Crippen LogP contribution in [-0.4, -0.2) is 11.0 Å². The van der Waals surface area contributed by atoms with E-state index in [-0.39, 0.29) is 22.7 Å². The first-order valence-corrected chi connectivity index (χ1v) is 5.01. The van der Waals surface area contributed by atoms with E-state index in [1.165, 1.54) is 6.07 Å². The number of benzene rings is 1. The largest absolute Gasteiger partial charge is 0.297 e. The average molecular weight is 218 g/mol. The van der Waals surface area contributed by atoms with E-state index in [0.29, 0.717) is 5.56 Å². The van der Waals surface area contributed by atoms with Gasteiger partial charge < -0.3 is 0 Å². The fraction of sp³-hybridized carbons (Fsp3) is 0.333. The second-order valence-corrected chi connectivity index (χ2v) is 3.59. The molecule has 0 aliphatic carbocycles. The molecule has 0 heterocycles. The fourth-order valence-electron chi connectivity index (χ4n) is 1.53. The van der Waals surface area contributed by atoms with Crippen LogP contribution in [0.3, 0.4) is 0 Å². The van der Waals surface area contributed by atoms with Gasteiger partial charge in [-0.25, -0.2) is 0 Å². The van der Waals surface area contributed by atoms with Crippen LogP contribution in [0.2, 0.25) is 0 Å². The third-order valence-corrected chi connectivity index (χ3v) is 2.35. The van der Waals surface area contributed by atoms with E-state index in [4.69, 9.17) is 6.42 Å². The molecule has 0 aromatic heterocycles. The Morgan fingerprint density at radius 2 is 2.06 bits per heavy atom. The van der Waals surface area contributed by atoms with Crippen molar-refractivity contribution in [3.63, 3.8) is 0 Å². The van der Waals surface area contributed by atoms with Crippen LogP contribution in [0.15, 0.2) is 24.3 Å². The van der Waals surface area contributed by atoms with Gasteiger partial charge >= 0.3 is 0 Å². The molecule has 0 aliphatic heterocycles. The van der Waals surface area contributed by atoms with Crippen molar-refractivity contribution in [1.82, 2.24) is 5.32 Å². The Balaban J connectivity index is 2.95. The zero-order chi connectivity index (χ0) is 12.1. The number of para-hydroxylation sites is 1. The van der Waals surface area contributed by atoms with Crippen LogP contribution in [0.25, 0.3) is 0 Å². The predicted octanol–water partition coefficient (Wildman–Crippen LogP) is 2.27. The van der Waals surface area contributed by atoms with E-state index in [9.17, 15) is 10.1 Å². The molecule has 0 spiro atoms. The van der Waals surface area contributed by atoms with Crippen LogP contribution in [0.5, 0.6) is 0 Å². The van der Waals surface area contributed by atoms with Crippen molar-refractivity contribution < 1.29 is 4.92 Å². The molecule has 0 saturated heterocycles. The predicted molar refractivity (Wildman–Crippen MR) is 62.9 cm³/mol. The van der Waals surface area contributed by atoms with Gasteiger partial charge in [0.1, 0.15) is 0 Å². The molecule has 16 heavy (non-hydrogen) atoms. The van der Waals surface area contributed by atoms with Crippen LogP contribution in [0, 0.1) is 22.5 Å². The van der Waals surface area contributed by atoms with Gasteiger partial charge in [-0.3, -0.25) is 15.4 Å². The van der Waals surface area contributed by atoms with Gasteiger partial charge in [0.2, 0.25) is 0 Å². The van der Waals surface area contributed by atoms with Gasteiger partial charge in [-0.1, -0.05) is 24.1 Å². The fourth-order valence-corrected chi connectivity index (χ4v) is 1.53. The highest BCUT2D eigenvalue weighted by atomic mass is 16.6. The highest BCUT2D eigenvalue weighted by molar-refractivity contribution is 5.41. The Morgan fingerprint density at radius 1 is 1.44 bits per heavy atom. The lowest BCUT2D eigenvalue weighted by atomic mass is 10.1. The van der Waals surface area contributed by atoms with E-state index in [2.05, 4.69) is 11.2 Å². The minimum Gasteiger partial charge on any atom is -0.297 e. The van der Waals surface area contributed by atoms with Crippen molar-refractivity contribution in [2.45, 2.75) is 25.9 Å². The zero-order valence-corrected chi connectivity index (χ0v) is 9.31. The van der Waals surface area contributed by atoms with Crippen LogP contribution < -0.4 is 5.32 Å². The average Bonchev–Trinajstić information content (AvgIpc) is 2.28. The number of nitro groups is 1. The Hall–Kier alpha value is -1.86. The maximum Gasteiger partial charge on any atom is 0.274 e. The molecule has 0 amide bonds. The third-order valence-electron chi connectivity index (χ3n) is 2.35. The molecule has 2 atom stereocenters. The van der Waals surface area contributed by atoms with Crippen LogP contribution in [-0.2, 0) is 0 Å². The first-order chi connectivity index (χ1) is 7.56. The topological polar surface area (TPSA) is 55.2 Å². The number of hydrogen-bond donors (Lipinski definition) is 1. The Kier molecular flexibility index (Phi) is 4.03. The molecule has 2 unspecified atom stereocenters. The summed E-state index contributed by atoms with van der Waals surface area (Å²) in [6, 6.07) is 6.40. The first kappa shape index (κ1) is 12.2. The van der Waals surface area contributed by atoms with Crippen molar-refractivity contribution in [2.24, 2.45) is 0 Å². The molecule has 84 valence electrons. The second kappa shape index (κ2) is 5.29. The lowest BCUT2D eigenvalue weighted by Gasteiger charge is -2.16. The molecule has 0 fully saturated rings. The second-order valence-electron chi connectivity index (χ2n) is 3.59. The number of nitro benzene ring substituents is 1. The van der Waals surface area contributed by atoms with Gasteiger partial charge in [-0.05, 0) is 13.8 Å². The van der Waals surface area contributed by atoms with Crippen LogP contribution >= 0.6 is 0 Å². The summed E-state index contributed by atoms with van der Waals surface area (Å²) in [7, 11) is 0. The van der Waals surface area contributed by atoms with Gasteiger partial charge in [0.05, 0.1) is 11.0 Å². The molecule has 0 saturated carbocycles. The number of terminal acetylenes is 1. The highest BCUT2D eigenvalue weighted by Crippen LogP contribution is 2.24. The summed E-state index contributed by atoms with van der Waals surface area (Å²) in [4.78, 5) is 10.4. The summed E-state index contributed by atoms with van der Waals surface area (Å²) in [6.45, 7) is 3.70. The van der Waals surface area contributed by atoms with Gasteiger partial charge in [0.15, 0.2) is 0 Å². The van der Waals surface area contributed by atoms with Crippen molar-refractivity contribution >= 4 is 5.69 Å². The Morgan fingerprint density at radius 3 is 2.62 bits per heavy atom. The molecule has 4 nitrogen and oxygen atoms in total. The highest BCUT2D eigenvalue weighted by Gasteiger charge is 2.18. The number of hydrogen-bond acceptors (Lipinski definition) is 3. The van der Waals surface area contributed by atoms with Crippen LogP contribution in [0.4, 0.5) is 5.69 Å². The molecule has 1 rings (SSSR count). The lowest BCUT2D eigenvalue weighted by molar-refractivity contribution is -0.385. The number of rotatable bonds is 4. The molecule has 0 radical (unpaired) electrons. The summed E-state index contributed by atoms with van der Waals surface area (Å²) in [5.74, 6) is 2.53. The van der Waals surface area contributed by atoms with E-state index >= 15 is 0 Å². The van der Waals surface area contributed by atoms with Gasteiger partial charge in [-0.2, -0.15) is 0 Å². The van der Waals surface area contributed by atoms with E-state index in [1.807, 2.05) is 13.8 Å². The van der Waals surface area contributed by atoms with Crippen molar-refractivity contribution in [3.05, 3.63) is 39.9 Å². The molecular weight excluding hydrogens is 204 g/mol. The molecule has 1 aromatic carbocycles. The maximum absolute atomic E-state index is 10.8. The quantitative estimate of drug-likeness (QED) is 0.479. The van der Waals surface area contributed by atoms with Crippen molar-refractivity contribution in [1.29, 1.82) is 0 Å². The Bertz CT molecular complexity index is 423. The van der Waals surface area contributed by atoms with Gasteiger partial charge in [-0.15, -0.1) is 6.42 Å². The number of nitrogens with one attached hydrogen (secondary N) is 1. The lowest BCUT2D eigenvalue weighted by Crippen LogP contribution is -2.27. The van der Waals surface area contributed by atoms with Crippen LogP contribution in [0.1, 0.15) is 25.5 Å². The summed E-state index contributed by atoms with van der Waals surface area (Å²) in [5.41, 5.74) is 0.765. The normalized spacial score (nSPS) is 13.8. The maximum atomic E-state index is 10.8. The molecular formula is C12H14N2O2. The summed E-state index contributed by atoms with van der Waals surface area (Å²) >= 11 is 0. The third kappa shape index (κ3) is 2.81. The molecule has 0 aliphatic rings. The van der Waals surface area contributed by atoms with Crippen molar-refractivity contribution in [2.75, 3.05) is 0 Å². The zero-order valence-electron chi connectivity index (χ0n) is 9.31. The van der Waals surface area contributed by atoms with E-state index in [1.54, 1.807) is 18.2 Å². The van der Waals surface area contributed by atoms with Gasteiger partial charge in [0.25, 0.3) is 5.69 Å². The van der Waals surface area contributed by atoms with E-state index in [0.717, 1.165) is 0 Å². The summed E-state index contributed by atoms with van der Waals surface area (Å²) in [5, 5.41) is 13.9.